The van der Waals surface area contributed by atoms with Gasteiger partial charge in [-0.05, 0) is 19.1 Å². The highest BCUT2D eigenvalue weighted by molar-refractivity contribution is 7.60. The van der Waals surface area contributed by atoms with Crippen LogP contribution in [0.25, 0.3) is 11.2 Å². The van der Waals surface area contributed by atoms with Crippen molar-refractivity contribution in [3.8, 4) is 11.5 Å². The first-order valence-corrected chi connectivity index (χ1v) is 22.3. The highest BCUT2D eigenvalue weighted by Crippen LogP contribution is 2.59. The quantitative estimate of drug-likeness (QED) is 0.0276. The first-order chi connectivity index (χ1) is 29.5. The number of nitro groups is 1. The van der Waals surface area contributed by atoms with Crippen LogP contribution in [0.5, 0.6) is 11.5 Å². The molecule has 29 nitrogen and oxygen atoms in total. The van der Waals surface area contributed by atoms with Gasteiger partial charge in [0.25, 0.3) is 19.7 Å². The third-order valence-corrected chi connectivity index (χ3v) is 13.0. The van der Waals surface area contributed by atoms with Gasteiger partial charge in [0.15, 0.2) is 47.7 Å². The molecule has 0 amide bonds. The molecule has 0 aliphatic carbocycles. The number of aliphatic hydroxyl groups is 3. The molecule has 0 radical (unpaired) electrons. The molecule has 4 unspecified atom stereocenters. The molecule has 3 aromatic heterocycles. The van der Waals surface area contributed by atoms with Crippen molar-refractivity contribution in [3.63, 3.8) is 0 Å². The number of pyridine rings is 1. The van der Waals surface area contributed by atoms with Crippen molar-refractivity contribution in [2.24, 2.45) is 0 Å². The standard InChI is InChI=1S/C31H38N7O22P3/c1-14(16-7-18(52-2)19(53-3)8-17(16)38(44)45)58-63(50,51)59-26-24(40)21(57-30(26)37-13-35-22-27(32)33-12-34-28(22)37)11-55-62(48,49)60-61(46,47)54-10-20-23(39)25(41)29(56-20)36-6-4-5-15(9-36)31(42)43/h4-9,12-14,20-21,23-26,29-30,39-41H,10-11H2,1-3H3,(H5-,32,33,34,42,43,46,47,48,49,50,51)/t14?,20-,21-,23-,24-,25-,26-,29-,30-/m1/s1. The van der Waals surface area contributed by atoms with E-state index in [9.17, 15) is 63.7 Å². The fourth-order valence-corrected chi connectivity index (χ4v) is 9.60. The number of carboxylic acids is 1. The molecule has 4 aromatic rings. The Morgan fingerprint density at radius 2 is 1.67 bits per heavy atom. The Labute approximate surface area is 353 Å². The molecule has 0 spiro atoms. The van der Waals surface area contributed by atoms with Gasteiger partial charge in [-0.15, -0.1) is 0 Å². The summed E-state index contributed by atoms with van der Waals surface area (Å²) in [5, 5.41) is 53.5. The molecular weight excluding hydrogens is 915 g/mol. The number of carboxylic acid groups (broad SMARTS) is 1. The Bertz CT molecular complexity index is 2500. The number of benzene rings is 1. The molecule has 63 heavy (non-hydrogen) atoms. The average molecular weight is 954 g/mol. The predicted octanol–water partition coefficient (Wildman–Crippen LogP) is -0.221. The summed E-state index contributed by atoms with van der Waals surface area (Å²) >= 11 is 0. The Morgan fingerprint density at radius 3 is 2.33 bits per heavy atom. The summed E-state index contributed by atoms with van der Waals surface area (Å²) in [7, 11) is -14.5. The molecule has 0 bridgehead atoms. The van der Waals surface area contributed by atoms with Crippen molar-refractivity contribution in [2.75, 3.05) is 33.2 Å². The molecule has 2 fully saturated rings. The second-order valence-corrected chi connectivity index (χ2v) is 17.8. The number of nitrogens with two attached hydrogens (primary N) is 1. The Morgan fingerprint density at radius 1 is 1.00 bits per heavy atom. The number of nitro benzene ring substituents is 1. The molecule has 0 saturated carbocycles. The lowest BCUT2D eigenvalue weighted by atomic mass is 10.1. The van der Waals surface area contributed by atoms with Gasteiger partial charge in [-0.1, -0.05) is 0 Å². The van der Waals surface area contributed by atoms with Crippen LogP contribution in [0.3, 0.4) is 0 Å². The molecule has 8 N–H and O–H groups in total. The van der Waals surface area contributed by atoms with E-state index in [-0.39, 0.29) is 39.6 Å². The number of phosphoric acid groups is 3. The number of carbonyl (C=O) groups is 1. The number of nitrogens with zero attached hydrogens (tertiary/aromatic N) is 6. The van der Waals surface area contributed by atoms with Gasteiger partial charge >= 0.3 is 21.6 Å². The number of hydrogen-bond donors (Lipinski definition) is 7. The number of anilines is 1. The number of methoxy groups -OCH3 is 2. The number of rotatable bonds is 19. The number of hydrogen-bond acceptors (Lipinski definition) is 23. The Hall–Kier alpha value is -4.64. The van der Waals surface area contributed by atoms with Gasteiger partial charge in [0.05, 0.1) is 56.4 Å². The second kappa shape index (κ2) is 18.8. The fraction of sp³-hybridized carbons (Fsp3) is 0.452. The van der Waals surface area contributed by atoms with Crippen LogP contribution >= 0.6 is 23.5 Å². The van der Waals surface area contributed by atoms with Crippen molar-refractivity contribution in [1.82, 2.24) is 19.5 Å². The molecule has 2 aliphatic rings. The summed E-state index contributed by atoms with van der Waals surface area (Å²) < 4.78 is 87.1. The number of phosphoric ester groups is 3. The number of aromatic nitrogens is 5. The largest absolute Gasteiger partial charge is 0.756 e. The SMILES string of the molecule is COc1cc(C(C)OP(=O)(O)O[C@@H]2[C@H](O)[C@@H](COP(=O)(O)OP(=O)([O-])OC[C@H]3O[C@@H]([n+]4cccc(C(=O)O)c4)[C@H](O)[C@@H]3O)O[C@H]2n2cnc3c(N)ncnc32)c([N+](=O)[O-])cc1OC. The number of fused-ring (bicyclic) bond motifs is 1. The summed E-state index contributed by atoms with van der Waals surface area (Å²) in [6.07, 6.45) is -11.3. The van der Waals surface area contributed by atoms with E-state index in [1.807, 2.05) is 0 Å². The predicted molar refractivity (Wildman–Crippen MR) is 200 cm³/mol. The fourth-order valence-electron chi connectivity index (χ4n) is 6.45. The molecule has 5 heterocycles. The molecule has 2 aliphatic heterocycles. The van der Waals surface area contributed by atoms with Crippen LogP contribution in [0.15, 0.2) is 49.3 Å². The zero-order chi connectivity index (χ0) is 46.2. The normalized spacial score (nSPS) is 27.0. The number of ether oxygens (including phenoxy) is 4. The first-order valence-electron chi connectivity index (χ1n) is 17.8. The van der Waals surface area contributed by atoms with Crippen molar-refractivity contribution in [3.05, 3.63) is 70.6 Å². The van der Waals surface area contributed by atoms with Crippen LogP contribution in [0, 0.1) is 10.1 Å². The van der Waals surface area contributed by atoms with Gasteiger partial charge in [0, 0.05) is 6.07 Å². The van der Waals surface area contributed by atoms with E-state index in [2.05, 4.69) is 23.8 Å². The highest BCUT2D eigenvalue weighted by atomic mass is 31.3. The minimum atomic E-state index is -5.84. The van der Waals surface area contributed by atoms with Gasteiger partial charge < -0.3 is 64.3 Å². The molecule has 6 rings (SSSR count). The van der Waals surface area contributed by atoms with Gasteiger partial charge in [-0.25, -0.2) is 33.2 Å². The number of aromatic carboxylic acids is 1. The molecule has 1 aromatic carbocycles. The Balaban J connectivity index is 1.15. The van der Waals surface area contributed by atoms with E-state index in [4.69, 9.17) is 38.3 Å². The smallest absolute Gasteiger partial charge is 0.478 e. The van der Waals surface area contributed by atoms with Crippen LogP contribution in [0.4, 0.5) is 11.5 Å². The summed E-state index contributed by atoms with van der Waals surface area (Å²) in [5.41, 5.74) is 4.75. The van der Waals surface area contributed by atoms with E-state index in [1.54, 1.807) is 0 Å². The van der Waals surface area contributed by atoms with Crippen LogP contribution < -0.4 is 24.7 Å². The van der Waals surface area contributed by atoms with Gasteiger partial charge in [-0.2, -0.15) is 4.57 Å². The minimum absolute atomic E-state index is 0.000314. The lowest BCUT2D eigenvalue weighted by Crippen LogP contribution is -2.46. The lowest BCUT2D eigenvalue weighted by Gasteiger charge is -2.26. The number of nitrogen functional groups attached to an aromatic ring is 1. The maximum atomic E-state index is 13.6. The summed E-state index contributed by atoms with van der Waals surface area (Å²) in [5.74, 6) is -1.47. The van der Waals surface area contributed by atoms with E-state index >= 15 is 0 Å². The molecule has 32 heteroatoms. The summed E-state index contributed by atoms with van der Waals surface area (Å²) in [6.45, 7) is -1.11. The lowest BCUT2D eigenvalue weighted by molar-refractivity contribution is -0.765. The number of aliphatic hydroxyl groups excluding tert-OH is 3. The zero-order valence-electron chi connectivity index (χ0n) is 32.5. The monoisotopic (exact) mass is 953 g/mol. The van der Waals surface area contributed by atoms with Crippen LogP contribution in [0.1, 0.15) is 41.4 Å². The second-order valence-electron chi connectivity index (χ2n) is 13.4. The molecular formula is C31H38N7O22P3. The topological polar surface area (TPSA) is 412 Å². The molecule has 12 atom stereocenters. The highest BCUT2D eigenvalue weighted by Gasteiger charge is 2.52. The third-order valence-electron chi connectivity index (χ3n) is 9.39. The average Bonchev–Trinajstić information content (AvgIpc) is 3.87. The van der Waals surface area contributed by atoms with E-state index < -0.39 is 108 Å². The van der Waals surface area contributed by atoms with E-state index in [0.717, 1.165) is 40.1 Å². The molecule has 344 valence electrons. The van der Waals surface area contributed by atoms with Gasteiger partial charge in [0.2, 0.25) is 0 Å². The van der Waals surface area contributed by atoms with Gasteiger partial charge in [0.1, 0.15) is 47.9 Å². The Kier molecular flexibility index (Phi) is 14.3. The third kappa shape index (κ3) is 10.7. The maximum Gasteiger partial charge on any atom is 0.478 e. The van der Waals surface area contributed by atoms with Crippen LogP contribution in [-0.2, 0) is 45.6 Å². The summed E-state index contributed by atoms with van der Waals surface area (Å²) in [6, 6.07) is 4.67. The first kappa shape index (κ1) is 47.8. The van der Waals surface area contributed by atoms with Crippen molar-refractivity contribution < 1.29 is 104 Å². The van der Waals surface area contributed by atoms with Crippen LogP contribution in [-0.4, -0.2) is 125 Å². The zero-order valence-corrected chi connectivity index (χ0v) is 35.2. The van der Waals surface area contributed by atoms with Crippen molar-refractivity contribution >= 4 is 52.1 Å². The van der Waals surface area contributed by atoms with E-state index in [1.165, 1.54) is 39.5 Å². The minimum Gasteiger partial charge on any atom is -0.756 e. The number of imidazole rings is 1. The van der Waals surface area contributed by atoms with Crippen molar-refractivity contribution in [1.29, 1.82) is 0 Å². The van der Waals surface area contributed by atoms with E-state index in [0.29, 0.717) is 0 Å². The van der Waals surface area contributed by atoms with Gasteiger partial charge in [-0.3, -0.25) is 32.8 Å². The molecule has 2 saturated heterocycles. The summed E-state index contributed by atoms with van der Waals surface area (Å²) in [4.78, 5) is 68.3. The maximum absolute atomic E-state index is 13.6. The van der Waals surface area contributed by atoms with Crippen LogP contribution in [0.2, 0.25) is 0 Å². The van der Waals surface area contributed by atoms with Crippen molar-refractivity contribution in [2.45, 2.75) is 62.1 Å².